The molecule has 2 unspecified atom stereocenters. The Morgan fingerprint density at radius 3 is 2.48 bits per heavy atom. The van der Waals surface area contributed by atoms with E-state index in [0.29, 0.717) is 17.8 Å². The molecule has 1 spiro atoms. The van der Waals surface area contributed by atoms with Crippen LogP contribution in [-0.4, -0.2) is 42.6 Å². The summed E-state index contributed by atoms with van der Waals surface area (Å²) < 4.78 is 19.0. The van der Waals surface area contributed by atoms with Gasteiger partial charge < -0.3 is 9.64 Å². The lowest BCUT2D eigenvalue weighted by atomic mass is 9.52. The summed E-state index contributed by atoms with van der Waals surface area (Å²) in [6, 6.07) is 7.30. The fourth-order valence-corrected chi connectivity index (χ4v) is 6.08. The van der Waals surface area contributed by atoms with Crippen molar-refractivity contribution >= 4 is 5.84 Å². The highest BCUT2D eigenvalue weighted by Crippen LogP contribution is 2.60. The van der Waals surface area contributed by atoms with Crippen LogP contribution in [0.2, 0.25) is 0 Å². The molecule has 0 amide bonds. The Balaban J connectivity index is 1.52. The zero-order chi connectivity index (χ0) is 16.9. The molecule has 25 heavy (non-hydrogen) atoms. The molecule has 4 heteroatoms. The molecule has 1 aromatic carbocycles. The van der Waals surface area contributed by atoms with Gasteiger partial charge in [-0.2, -0.15) is 0 Å². The number of aliphatic imine (C=N–C) groups is 1. The molecule has 6 rings (SSSR count). The van der Waals surface area contributed by atoms with Crippen LogP contribution in [0.15, 0.2) is 29.3 Å². The topological polar surface area (TPSA) is 24.8 Å². The standard InChI is InChI=1S/C21H27FN2O/c22-18-7-3-16(4-8-18)20-15-1-5-17(6-2-15)21(20)10-9-19(23-21)24-11-13-25-14-12-24/h3-4,7-8,15,17,20H,1-2,5-6,9-14H2. The summed E-state index contributed by atoms with van der Waals surface area (Å²) in [6.45, 7) is 3.59. The number of ether oxygens (including phenoxy) is 1. The fraction of sp³-hybridized carbons (Fsp3) is 0.667. The second-order valence-corrected chi connectivity index (χ2v) is 8.26. The Labute approximate surface area is 149 Å². The number of nitrogens with zero attached hydrogens (tertiary/aromatic N) is 2. The van der Waals surface area contributed by atoms with Crippen LogP contribution in [0.3, 0.4) is 0 Å². The Kier molecular flexibility index (Phi) is 3.85. The van der Waals surface area contributed by atoms with Crippen LogP contribution in [-0.2, 0) is 4.74 Å². The molecule has 0 radical (unpaired) electrons. The molecule has 0 N–H and O–H groups in total. The highest BCUT2D eigenvalue weighted by Gasteiger charge is 2.56. The molecule has 3 aliphatic carbocycles. The van der Waals surface area contributed by atoms with Gasteiger partial charge in [-0.05, 0) is 61.6 Å². The first kappa shape index (κ1) is 15.8. The predicted molar refractivity (Wildman–Crippen MR) is 96.4 cm³/mol. The molecule has 1 saturated heterocycles. The maximum atomic E-state index is 13.5. The van der Waals surface area contributed by atoms with Gasteiger partial charge >= 0.3 is 0 Å². The molecule has 5 aliphatic rings. The second kappa shape index (κ2) is 6.08. The number of fused-ring (bicyclic) bond motifs is 2. The van der Waals surface area contributed by atoms with E-state index in [4.69, 9.17) is 9.73 Å². The summed E-state index contributed by atoms with van der Waals surface area (Å²) >= 11 is 0. The third-order valence-electron chi connectivity index (χ3n) is 7.18. The van der Waals surface area contributed by atoms with Gasteiger partial charge in [0, 0.05) is 25.4 Å². The second-order valence-electron chi connectivity index (χ2n) is 8.26. The number of hydrogen-bond donors (Lipinski definition) is 0. The molecule has 2 heterocycles. The zero-order valence-electron chi connectivity index (χ0n) is 14.8. The van der Waals surface area contributed by atoms with E-state index < -0.39 is 0 Å². The lowest BCUT2D eigenvalue weighted by molar-refractivity contribution is 0.0425. The molecule has 3 nitrogen and oxygen atoms in total. The smallest absolute Gasteiger partial charge is 0.123 e. The van der Waals surface area contributed by atoms with E-state index in [1.54, 1.807) is 12.1 Å². The highest BCUT2D eigenvalue weighted by molar-refractivity contribution is 5.85. The molecular weight excluding hydrogens is 315 g/mol. The Bertz CT molecular complexity index is 659. The number of amidine groups is 1. The zero-order valence-corrected chi connectivity index (χ0v) is 14.8. The van der Waals surface area contributed by atoms with Crippen LogP contribution in [0.25, 0.3) is 0 Å². The molecule has 4 fully saturated rings. The fourth-order valence-electron chi connectivity index (χ4n) is 6.08. The summed E-state index contributed by atoms with van der Waals surface area (Å²) in [7, 11) is 0. The van der Waals surface area contributed by atoms with Crippen molar-refractivity contribution in [3.8, 4) is 0 Å². The van der Waals surface area contributed by atoms with Crippen LogP contribution in [0, 0.1) is 17.7 Å². The minimum atomic E-state index is -0.136. The van der Waals surface area contributed by atoms with Crippen LogP contribution in [0.4, 0.5) is 4.39 Å². The third-order valence-corrected chi connectivity index (χ3v) is 7.18. The predicted octanol–water partition coefficient (Wildman–Crippen LogP) is 3.99. The maximum Gasteiger partial charge on any atom is 0.123 e. The van der Waals surface area contributed by atoms with Crippen molar-refractivity contribution in [2.45, 2.75) is 50.0 Å². The summed E-state index contributed by atoms with van der Waals surface area (Å²) in [5, 5.41) is 0. The minimum Gasteiger partial charge on any atom is -0.378 e. The van der Waals surface area contributed by atoms with E-state index >= 15 is 0 Å². The van der Waals surface area contributed by atoms with Gasteiger partial charge in [0.15, 0.2) is 0 Å². The van der Waals surface area contributed by atoms with E-state index in [1.165, 1.54) is 43.5 Å². The van der Waals surface area contributed by atoms with Crippen molar-refractivity contribution in [3.05, 3.63) is 35.6 Å². The third kappa shape index (κ3) is 2.52. The normalized spacial score (nSPS) is 37.6. The molecule has 1 aromatic rings. The number of benzene rings is 1. The largest absolute Gasteiger partial charge is 0.378 e. The summed E-state index contributed by atoms with van der Waals surface area (Å²) in [5.74, 6) is 3.05. The van der Waals surface area contributed by atoms with Gasteiger partial charge in [-0.3, -0.25) is 4.99 Å². The van der Waals surface area contributed by atoms with Gasteiger partial charge in [-0.25, -0.2) is 4.39 Å². The Morgan fingerprint density at radius 1 is 1.04 bits per heavy atom. The molecule has 2 atom stereocenters. The lowest BCUT2D eigenvalue weighted by Gasteiger charge is -2.54. The Morgan fingerprint density at radius 2 is 1.76 bits per heavy atom. The van der Waals surface area contributed by atoms with Gasteiger partial charge in [0.2, 0.25) is 0 Å². The van der Waals surface area contributed by atoms with Crippen LogP contribution in [0.1, 0.15) is 50.0 Å². The van der Waals surface area contributed by atoms with Crippen molar-refractivity contribution in [1.29, 1.82) is 0 Å². The average Bonchev–Trinajstić information content (AvgIpc) is 3.10. The maximum absolute atomic E-state index is 13.5. The van der Waals surface area contributed by atoms with E-state index in [-0.39, 0.29) is 11.4 Å². The average molecular weight is 342 g/mol. The highest BCUT2D eigenvalue weighted by atomic mass is 19.1. The first-order valence-electron chi connectivity index (χ1n) is 9.93. The van der Waals surface area contributed by atoms with Gasteiger partial charge in [0.25, 0.3) is 0 Å². The quantitative estimate of drug-likeness (QED) is 0.771. The minimum absolute atomic E-state index is 0.0621. The monoisotopic (exact) mass is 342 g/mol. The van der Waals surface area contributed by atoms with Crippen LogP contribution >= 0.6 is 0 Å². The Hall–Kier alpha value is -1.42. The van der Waals surface area contributed by atoms with E-state index in [1.807, 2.05) is 12.1 Å². The molecular formula is C21H27FN2O. The number of rotatable bonds is 1. The van der Waals surface area contributed by atoms with E-state index in [9.17, 15) is 4.39 Å². The van der Waals surface area contributed by atoms with Gasteiger partial charge in [0.1, 0.15) is 5.82 Å². The molecule has 134 valence electrons. The summed E-state index contributed by atoms with van der Waals surface area (Å²) in [4.78, 5) is 7.91. The first-order chi connectivity index (χ1) is 12.3. The number of morpholine rings is 1. The molecule has 0 aromatic heterocycles. The van der Waals surface area contributed by atoms with E-state index in [0.717, 1.165) is 32.7 Å². The molecule has 2 aliphatic heterocycles. The van der Waals surface area contributed by atoms with Crippen molar-refractivity contribution in [2.75, 3.05) is 26.3 Å². The molecule has 3 saturated carbocycles. The molecule has 2 bridgehead atoms. The first-order valence-corrected chi connectivity index (χ1v) is 9.93. The van der Waals surface area contributed by atoms with Crippen LogP contribution in [0.5, 0.6) is 0 Å². The van der Waals surface area contributed by atoms with E-state index in [2.05, 4.69) is 4.90 Å². The summed E-state index contributed by atoms with van der Waals surface area (Å²) in [6.07, 6.45) is 7.54. The van der Waals surface area contributed by atoms with Crippen molar-refractivity contribution in [3.63, 3.8) is 0 Å². The summed E-state index contributed by atoms with van der Waals surface area (Å²) in [5.41, 5.74) is 1.37. The van der Waals surface area contributed by atoms with Gasteiger partial charge in [0.05, 0.1) is 24.6 Å². The SMILES string of the molecule is Fc1ccc(C2C3CCC(CC3)C23CCC(N2CCOCC2)=N3)cc1. The van der Waals surface area contributed by atoms with Crippen molar-refractivity contribution < 1.29 is 9.13 Å². The number of halogens is 1. The number of hydrogen-bond acceptors (Lipinski definition) is 3. The van der Waals surface area contributed by atoms with Crippen molar-refractivity contribution in [2.24, 2.45) is 16.8 Å². The van der Waals surface area contributed by atoms with Gasteiger partial charge in [-0.15, -0.1) is 0 Å². The van der Waals surface area contributed by atoms with Gasteiger partial charge in [-0.1, -0.05) is 12.1 Å². The van der Waals surface area contributed by atoms with Crippen LogP contribution < -0.4 is 0 Å². The lowest BCUT2D eigenvalue weighted by Crippen LogP contribution is -2.51. The van der Waals surface area contributed by atoms with Crippen molar-refractivity contribution in [1.82, 2.24) is 4.90 Å².